The number of benzene rings is 1. The summed E-state index contributed by atoms with van der Waals surface area (Å²) in [5.74, 6) is 0.420. The third-order valence-corrected chi connectivity index (χ3v) is 3.63. The minimum Gasteiger partial charge on any atom is -0.394 e. The van der Waals surface area contributed by atoms with Crippen LogP contribution in [0, 0.1) is 0 Å². The summed E-state index contributed by atoms with van der Waals surface area (Å²) in [7, 11) is -3.23. The fraction of sp³-hybridized carbons (Fsp3) is 0.273. The molecule has 3 N–H and O–H groups in total. The van der Waals surface area contributed by atoms with Gasteiger partial charge in [-0.15, -0.1) is 0 Å². The molecule has 0 saturated carbocycles. The van der Waals surface area contributed by atoms with Gasteiger partial charge in [0.2, 0.25) is 0 Å². The Hall–Kier alpha value is -1.77. The Bertz CT molecular complexity index is 664. The molecule has 1 aromatic heterocycles. The van der Waals surface area contributed by atoms with Crippen molar-refractivity contribution in [3.8, 4) is 11.5 Å². The summed E-state index contributed by atoms with van der Waals surface area (Å²) >= 11 is 0. The molecule has 1 unspecified atom stereocenters. The minimum absolute atomic E-state index is 0.199. The normalized spacial score (nSPS) is 13.4. The molecule has 19 heavy (non-hydrogen) atoms. The average Bonchev–Trinajstić information content (AvgIpc) is 2.86. The highest BCUT2D eigenvalue weighted by Gasteiger charge is 2.15. The lowest BCUT2D eigenvalue weighted by molar-refractivity contribution is 0.260. The first kappa shape index (κ1) is 13.7. The standard InChI is InChI=1S/C11H13N3O4S/c1-19(16,17)8-4-2-7(3-5-8)11-13-10(14-18-11)9(12)6-15/h2-5,9,15H,6,12H2,1H3. The molecule has 1 aromatic carbocycles. The van der Waals surface area contributed by atoms with E-state index in [1.807, 2.05) is 0 Å². The summed E-state index contributed by atoms with van der Waals surface area (Å²) in [5, 5.41) is 12.5. The van der Waals surface area contributed by atoms with Crippen LogP contribution in [0.15, 0.2) is 33.7 Å². The average molecular weight is 283 g/mol. The molecule has 0 aliphatic rings. The number of nitrogens with zero attached hydrogens (tertiary/aromatic N) is 2. The van der Waals surface area contributed by atoms with Crippen molar-refractivity contribution in [3.05, 3.63) is 30.1 Å². The molecule has 1 heterocycles. The maximum absolute atomic E-state index is 11.3. The van der Waals surface area contributed by atoms with Crippen LogP contribution in [0.1, 0.15) is 11.9 Å². The van der Waals surface area contributed by atoms with E-state index in [1.54, 1.807) is 12.1 Å². The van der Waals surface area contributed by atoms with Crippen LogP contribution in [-0.2, 0) is 9.84 Å². The van der Waals surface area contributed by atoms with Crippen LogP contribution in [0.3, 0.4) is 0 Å². The van der Waals surface area contributed by atoms with E-state index in [-0.39, 0.29) is 23.2 Å². The van der Waals surface area contributed by atoms with Crippen molar-refractivity contribution in [3.63, 3.8) is 0 Å². The van der Waals surface area contributed by atoms with E-state index in [4.69, 9.17) is 15.4 Å². The SMILES string of the molecule is CS(=O)(=O)c1ccc(-c2nc(C(N)CO)no2)cc1. The monoisotopic (exact) mass is 283 g/mol. The molecule has 7 nitrogen and oxygen atoms in total. The molecule has 1 atom stereocenters. The quantitative estimate of drug-likeness (QED) is 0.818. The lowest BCUT2D eigenvalue weighted by Crippen LogP contribution is -2.15. The Kier molecular flexibility index (Phi) is 3.65. The number of aromatic nitrogens is 2. The number of rotatable bonds is 4. The van der Waals surface area contributed by atoms with E-state index in [0.29, 0.717) is 5.56 Å². The molecule has 0 bridgehead atoms. The van der Waals surface area contributed by atoms with Gasteiger partial charge in [0, 0.05) is 11.8 Å². The molecule has 0 aliphatic heterocycles. The van der Waals surface area contributed by atoms with Gasteiger partial charge in [-0.2, -0.15) is 4.98 Å². The Morgan fingerprint density at radius 3 is 2.53 bits per heavy atom. The van der Waals surface area contributed by atoms with Gasteiger partial charge in [0.25, 0.3) is 5.89 Å². The van der Waals surface area contributed by atoms with E-state index in [0.717, 1.165) is 6.26 Å². The highest BCUT2D eigenvalue weighted by molar-refractivity contribution is 7.90. The Balaban J connectivity index is 2.30. The summed E-state index contributed by atoms with van der Waals surface area (Å²) in [6.07, 6.45) is 1.13. The second-order valence-corrected chi connectivity index (χ2v) is 6.06. The van der Waals surface area contributed by atoms with Crippen molar-refractivity contribution >= 4 is 9.84 Å². The first-order valence-corrected chi connectivity index (χ1v) is 7.31. The van der Waals surface area contributed by atoms with Crippen LogP contribution in [0.2, 0.25) is 0 Å². The van der Waals surface area contributed by atoms with Crippen LogP contribution in [-0.4, -0.2) is 36.5 Å². The molecule has 0 spiro atoms. The van der Waals surface area contributed by atoms with Gasteiger partial charge < -0.3 is 15.4 Å². The van der Waals surface area contributed by atoms with Crippen LogP contribution in [0.4, 0.5) is 0 Å². The van der Waals surface area contributed by atoms with Gasteiger partial charge >= 0.3 is 0 Å². The van der Waals surface area contributed by atoms with Crippen molar-refractivity contribution in [2.75, 3.05) is 12.9 Å². The zero-order chi connectivity index (χ0) is 14.0. The highest BCUT2D eigenvalue weighted by atomic mass is 32.2. The molecule has 102 valence electrons. The summed E-state index contributed by atoms with van der Waals surface area (Å²) in [6.45, 7) is -0.286. The van der Waals surface area contributed by atoms with Gasteiger partial charge in [-0.1, -0.05) is 5.16 Å². The molecule has 2 aromatic rings. The first-order valence-electron chi connectivity index (χ1n) is 5.42. The van der Waals surface area contributed by atoms with E-state index >= 15 is 0 Å². The van der Waals surface area contributed by atoms with Crippen LogP contribution in [0.25, 0.3) is 11.5 Å². The zero-order valence-electron chi connectivity index (χ0n) is 10.1. The van der Waals surface area contributed by atoms with E-state index in [9.17, 15) is 8.42 Å². The van der Waals surface area contributed by atoms with Crippen molar-refractivity contribution in [2.24, 2.45) is 5.73 Å². The largest absolute Gasteiger partial charge is 0.394 e. The molecule has 0 saturated heterocycles. The second kappa shape index (κ2) is 5.08. The number of nitrogens with two attached hydrogens (primary N) is 1. The molecule has 0 radical (unpaired) electrons. The Labute approximate surface area is 110 Å². The lowest BCUT2D eigenvalue weighted by Gasteiger charge is -1.99. The highest BCUT2D eigenvalue weighted by Crippen LogP contribution is 2.20. The molecule has 8 heteroatoms. The number of sulfone groups is 1. The van der Waals surface area contributed by atoms with E-state index in [1.165, 1.54) is 12.1 Å². The summed E-state index contributed by atoms with van der Waals surface area (Å²) in [5.41, 5.74) is 6.13. The van der Waals surface area contributed by atoms with Gasteiger partial charge in [0.15, 0.2) is 15.7 Å². The van der Waals surface area contributed by atoms with Crippen molar-refractivity contribution in [2.45, 2.75) is 10.9 Å². The van der Waals surface area contributed by atoms with Gasteiger partial charge in [0.1, 0.15) is 0 Å². The predicted molar refractivity (Wildman–Crippen MR) is 66.9 cm³/mol. The maximum Gasteiger partial charge on any atom is 0.257 e. The second-order valence-electron chi connectivity index (χ2n) is 4.04. The molecular formula is C11H13N3O4S. The third kappa shape index (κ3) is 2.98. The molecule has 0 fully saturated rings. The topological polar surface area (TPSA) is 119 Å². The van der Waals surface area contributed by atoms with Crippen LogP contribution >= 0.6 is 0 Å². The number of aliphatic hydroxyl groups excluding tert-OH is 1. The Morgan fingerprint density at radius 1 is 1.37 bits per heavy atom. The van der Waals surface area contributed by atoms with Gasteiger partial charge in [-0.25, -0.2) is 8.42 Å². The smallest absolute Gasteiger partial charge is 0.257 e. The van der Waals surface area contributed by atoms with Crippen molar-refractivity contribution < 1.29 is 18.0 Å². The Morgan fingerprint density at radius 2 is 2.00 bits per heavy atom. The van der Waals surface area contributed by atoms with E-state index in [2.05, 4.69) is 10.1 Å². The molecular weight excluding hydrogens is 270 g/mol. The minimum atomic E-state index is -3.23. The fourth-order valence-electron chi connectivity index (χ4n) is 1.43. The first-order chi connectivity index (χ1) is 8.91. The maximum atomic E-state index is 11.3. The number of aliphatic hydroxyl groups is 1. The van der Waals surface area contributed by atoms with Crippen molar-refractivity contribution in [1.82, 2.24) is 10.1 Å². The zero-order valence-corrected chi connectivity index (χ0v) is 11.0. The van der Waals surface area contributed by atoms with Crippen LogP contribution in [0.5, 0.6) is 0 Å². The fourth-order valence-corrected chi connectivity index (χ4v) is 2.06. The molecule has 0 aliphatic carbocycles. The number of hydrogen-bond donors (Lipinski definition) is 2. The third-order valence-electron chi connectivity index (χ3n) is 2.50. The van der Waals surface area contributed by atoms with Crippen molar-refractivity contribution in [1.29, 1.82) is 0 Å². The van der Waals surface area contributed by atoms with Gasteiger partial charge in [0.05, 0.1) is 17.5 Å². The summed E-state index contributed by atoms with van der Waals surface area (Å²) in [6, 6.07) is 5.35. The summed E-state index contributed by atoms with van der Waals surface area (Å²) in [4.78, 5) is 4.24. The number of hydrogen-bond acceptors (Lipinski definition) is 7. The van der Waals surface area contributed by atoms with Gasteiger partial charge in [-0.05, 0) is 24.3 Å². The summed E-state index contributed by atoms with van der Waals surface area (Å²) < 4.78 is 27.6. The molecule has 0 amide bonds. The molecule has 2 rings (SSSR count). The lowest BCUT2D eigenvalue weighted by atomic mass is 10.2. The predicted octanol–water partition coefficient (Wildman–Crippen LogP) is 0.132. The van der Waals surface area contributed by atoms with Crippen LogP contribution < -0.4 is 5.73 Å². The van der Waals surface area contributed by atoms with E-state index < -0.39 is 15.9 Å². The van der Waals surface area contributed by atoms with Gasteiger partial charge in [-0.3, -0.25) is 0 Å².